The average Bonchev–Trinajstić information content (AvgIpc) is 2.14. The molecule has 0 aromatic carbocycles. The third kappa shape index (κ3) is 1.08. The first kappa shape index (κ1) is 4.95. The minimum absolute atomic E-state index is 0.450. The zero-order valence-corrected chi connectivity index (χ0v) is 5.68. The Morgan fingerprint density at radius 1 is 1.86 bits per heavy atom. The first-order valence-electron chi connectivity index (χ1n) is 1.92. The van der Waals surface area contributed by atoms with Crippen molar-refractivity contribution >= 4 is 14.5 Å². The predicted octanol–water partition coefficient (Wildman–Crippen LogP) is 0.552. The molecule has 7 heavy (non-hydrogen) atoms. The molecule has 1 aromatic heterocycles. The Labute approximate surface area is 48.7 Å². The molecule has 0 fully saturated rings. The Bertz CT molecular complexity index is 123. The third-order valence-corrected chi connectivity index (χ3v) is 1.95. The summed E-state index contributed by atoms with van der Waals surface area (Å²) in [5, 5.41) is 0. The summed E-state index contributed by atoms with van der Waals surface area (Å²) in [7, 11) is 1.67. The second-order valence-corrected chi connectivity index (χ2v) is 2.59. The van der Waals surface area contributed by atoms with Crippen LogP contribution in [0.15, 0.2) is 11.0 Å². The summed E-state index contributed by atoms with van der Waals surface area (Å²) in [6.45, 7) is 0. The molecule has 0 N–H and O–H groups in total. The number of hydrogen-bond acceptors (Lipinski definition) is 1. The molecule has 0 saturated carbocycles. The molecular weight excluding hydrogens is 155 g/mol. The molecule has 0 atom stereocenters. The van der Waals surface area contributed by atoms with Crippen LogP contribution in [0.1, 0.15) is 0 Å². The molecule has 0 spiro atoms. The molecule has 1 aromatic rings. The molecule has 0 bridgehead atoms. The first-order valence-corrected chi connectivity index (χ1v) is 3.76. The van der Waals surface area contributed by atoms with E-state index < -0.39 is 0 Å². The summed E-state index contributed by atoms with van der Waals surface area (Å²) in [6, 6.07) is 1.88. The summed E-state index contributed by atoms with van der Waals surface area (Å²) in [5.41, 5.74) is 0. The van der Waals surface area contributed by atoms with Crippen LogP contribution in [-0.2, 0) is 0 Å². The normalized spacial score (nSPS) is 8.71. The van der Waals surface area contributed by atoms with Gasteiger partial charge in [0.2, 0.25) is 0 Å². The Kier molecular flexibility index (Phi) is 1.55. The first-order chi connectivity index (χ1) is 3.43. The maximum absolute atomic E-state index is 4.87. The van der Waals surface area contributed by atoms with Gasteiger partial charge in [-0.15, -0.1) is 0 Å². The fraction of sp³-hybridized carbons (Fsp3) is 0.200. The number of rotatable bonds is 1. The van der Waals surface area contributed by atoms with Crippen molar-refractivity contribution in [1.82, 2.24) is 0 Å². The van der Waals surface area contributed by atoms with Crippen molar-refractivity contribution in [3.63, 3.8) is 0 Å². The summed E-state index contributed by atoms with van der Waals surface area (Å²) < 4.78 is 4.87. The number of methoxy groups -OCH3 is 1. The van der Waals surface area contributed by atoms with Crippen molar-refractivity contribution < 1.29 is 4.74 Å². The van der Waals surface area contributed by atoms with E-state index >= 15 is 0 Å². The fourth-order valence-corrected chi connectivity index (χ4v) is 1.44. The van der Waals surface area contributed by atoms with Gasteiger partial charge in [0.15, 0.2) is 0 Å². The number of ether oxygens (including phenoxy) is 1. The molecule has 0 amide bonds. The van der Waals surface area contributed by atoms with Gasteiger partial charge in [0.1, 0.15) is 0 Å². The summed E-state index contributed by atoms with van der Waals surface area (Å²) >= 11 is 0.450. The van der Waals surface area contributed by atoms with E-state index in [1.165, 1.54) is 0 Å². The Morgan fingerprint density at radius 3 is 3.00 bits per heavy atom. The summed E-state index contributed by atoms with van der Waals surface area (Å²) in [6.07, 6.45) is 0. The van der Waals surface area contributed by atoms with E-state index in [0.717, 1.165) is 5.75 Å². The van der Waals surface area contributed by atoms with Crippen LogP contribution in [0.3, 0.4) is 0 Å². The second kappa shape index (κ2) is 2.20. The van der Waals surface area contributed by atoms with Crippen LogP contribution in [-0.4, -0.2) is 21.6 Å². The second-order valence-electron chi connectivity index (χ2n) is 1.10. The van der Waals surface area contributed by atoms with Gasteiger partial charge >= 0.3 is 48.0 Å². The van der Waals surface area contributed by atoms with Crippen LogP contribution < -0.4 is 4.74 Å². The topological polar surface area (TPSA) is 9.23 Å². The molecule has 0 saturated heterocycles. The van der Waals surface area contributed by atoms with Gasteiger partial charge in [0.05, 0.1) is 0 Å². The Hall–Kier alpha value is -0.201. The molecule has 0 unspecified atom stereocenters. The van der Waals surface area contributed by atoms with E-state index in [4.69, 9.17) is 4.74 Å². The summed E-state index contributed by atoms with van der Waals surface area (Å²) in [4.78, 5) is 5.09. The number of hydrogen-bond donors (Lipinski definition) is 0. The van der Waals surface area contributed by atoms with Gasteiger partial charge in [-0.3, -0.25) is 0 Å². The monoisotopic (exact) mass is 161 g/mol. The molecule has 0 aliphatic rings. The van der Waals surface area contributed by atoms with Crippen molar-refractivity contribution in [2.45, 2.75) is 0 Å². The Morgan fingerprint density at radius 2 is 2.71 bits per heavy atom. The molecule has 0 aliphatic heterocycles. The van der Waals surface area contributed by atoms with E-state index in [1.54, 1.807) is 7.11 Å². The Balaban J connectivity index is 2.76. The SMILES string of the molecule is COc1c[c][se]c1. The van der Waals surface area contributed by atoms with Crippen molar-refractivity contribution in [2.24, 2.45) is 0 Å². The van der Waals surface area contributed by atoms with E-state index in [2.05, 4.69) is 4.94 Å². The van der Waals surface area contributed by atoms with E-state index in [1.807, 2.05) is 11.0 Å². The standard InChI is InChI=1S/C5H5OSe/c1-6-5-2-3-7-4-5/h2,4H,1H3. The third-order valence-electron chi connectivity index (χ3n) is 0.680. The van der Waals surface area contributed by atoms with Crippen molar-refractivity contribution in [1.29, 1.82) is 0 Å². The van der Waals surface area contributed by atoms with Crippen LogP contribution >= 0.6 is 0 Å². The predicted molar refractivity (Wildman–Crippen MR) is 28.8 cm³/mol. The van der Waals surface area contributed by atoms with Gasteiger partial charge in [-0.25, -0.2) is 0 Å². The van der Waals surface area contributed by atoms with Crippen molar-refractivity contribution in [2.75, 3.05) is 7.11 Å². The van der Waals surface area contributed by atoms with Crippen molar-refractivity contribution in [3.8, 4) is 5.75 Å². The summed E-state index contributed by atoms with van der Waals surface area (Å²) in [5.74, 6) is 0.958. The van der Waals surface area contributed by atoms with Crippen LogP contribution in [0.25, 0.3) is 0 Å². The molecule has 1 rings (SSSR count). The molecular formula is C5H5OSe. The van der Waals surface area contributed by atoms with Gasteiger partial charge in [-0.1, -0.05) is 0 Å². The van der Waals surface area contributed by atoms with Crippen LogP contribution in [0, 0.1) is 4.94 Å². The van der Waals surface area contributed by atoms with E-state index in [0.29, 0.717) is 14.5 Å². The maximum atomic E-state index is 4.87. The quantitative estimate of drug-likeness (QED) is 0.545. The van der Waals surface area contributed by atoms with Gasteiger partial charge in [0.25, 0.3) is 0 Å². The van der Waals surface area contributed by atoms with E-state index in [9.17, 15) is 0 Å². The molecule has 1 radical (unpaired) electrons. The molecule has 1 nitrogen and oxygen atoms in total. The zero-order chi connectivity index (χ0) is 5.11. The average molecular weight is 160 g/mol. The minimum atomic E-state index is 0.450. The molecule has 1 heterocycles. The molecule has 0 aliphatic carbocycles. The zero-order valence-electron chi connectivity index (χ0n) is 3.97. The van der Waals surface area contributed by atoms with Crippen LogP contribution in [0.2, 0.25) is 0 Å². The molecule has 2 heteroatoms. The van der Waals surface area contributed by atoms with Crippen LogP contribution in [0.5, 0.6) is 5.75 Å². The molecule has 37 valence electrons. The van der Waals surface area contributed by atoms with E-state index in [-0.39, 0.29) is 0 Å². The van der Waals surface area contributed by atoms with Crippen molar-refractivity contribution in [3.05, 3.63) is 15.9 Å². The van der Waals surface area contributed by atoms with Crippen LogP contribution in [0.4, 0.5) is 0 Å². The van der Waals surface area contributed by atoms with Gasteiger partial charge in [0, 0.05) is 0 Å². The van der Waals surface area contributed by atoms with Gasteiger partial charge in [-0.2, -0.15) is 0 Å². The van der Waals surface area contributed by atoms with Gasteiger partial charge < -0.3 is 0 Å². The fourth-order valence-electron chi connectivity index (χ4n) is 0.325. The van der Waals surface area contributed by atoms with Gasteiger partial charge in [-0.05, 0) is 0 Å².